The Kier molecular flexibility index (Phi) is 5.20. The average Bonchev–Trinajstić information content (AvgIpc) is 2.56. The van der Waals surface area contributed by atoms with Crippen LogP contribution >= 0.6 is 11.6 Å². The van der Waals surface area contributed by atoms with Gasteiger partial charge in [0.2, 0.25) is 0 Å². The van der Waals surface area contributed by atoms with Crippen LogP contribution in [0.25, 0.3) is 0 Å². The van der Waals surface area contributed by atoms with Crippen LogP contribution in [-0.4, -0.2) is 29.5 Å². The second-order valence-electron chi connectivity index (χ2n) is 5.56. The first-order chi connectivity index (χ1) is 8.32. The van der Waals surface area contributed by atoms with Crippen LogP contribution in [0.4, 0.5) is 0 Å². The fraction of sp³-hybridized carbons (Fsp3) is 0.769. The van der Waals surface area contributed by atoms with Crippen LogP contribution in [-0.2, 0) is 11.8 Å². The van der Waals surface area contributed by atoms with Gasteiger partial charge in [-0.25, -0.2) is 0 Å². The molecule has 0 aliphatic carbocycles. The van der Waals surface area contributed by atoms with Gasteiger partial charge >= 0.3 is 0 Å². The van der Waals surface area contributed by atoms with Crippen LogP contribution in [0.3, 0.4) is 0 Å². The SMILES string of the molecule is CCNC(c1c(Cl)cnn1C)C(OC)C(C)(C)C. The molecule has 2 atom stereocenters. The standard InChI is InChI=1S/C13H24ClN3O/c1-7-15-10(12(18-6)13(2,3)4)11-9(14)8-16-17(11)5/h8,10,12,15H,7H2,1-6H3. The molecule has 104 valence electrons. The number of hydrogen-bond donors (Lipinski definition) is 1. The molecule has 0 bridgehead atoms. The number of nitrogens with zero attached hydrogens (tertiary/aromatic N) is 2. The fourth-order valence-corrected chi connectivity index (χ4v) is 2.61. The Labute approximate surface area is 115 Å². The van der Waals surface area contributed by atoms with E-state index in [4.69, 9.17) is 16.3 Å². The quantitative estimate of drug-likeness (QED) is 0.897. The Morgan fingerprint density at radius 2 is 2.11 bits per heavy atom. The van der Waals surface area contributed by atoms with Gasteiger partial charge in [-0.2, -0.15) is 5.10 Å². The first-order valence-electron chi connectivity index (χ1n) is 6.26. The molecule has 0 saturated carbocycles. The second kappa shape index (κ2) is 6.04. The Morgan fingerprint density at radius 1 is 1.50 bits per heavy atom. The molecule has 18 heavy (non-hydrogen) atoms. The maximum Gasteiger partial charge on any atom is 0.0835 e. The number of aromatic nitrogens is 2. The predicted octanol–water partition coefficient (Wildman–Crippen LogP) is 2.79. The van der Waals surface area contributed by atoms with Crippen LogP contribution in [0.15, 0.2) is 6.20 Å². The summed E-state index contributed by atoms with van der Waals surface area (Å²) in [7, 11) is 3.64. The van der Waals surface area contributed by atoms with Crippen molar-refractivity contribution >= 4 is 11.6 Å². The molecule has 0 saturated heterocycles. The molecule has 1 heterocycles. The van der Waals surface area contributed by atoms with Gasteiger partial charge in [-0.1, -0.05) is 39.3 Å². The molecule has 1 rings (SSSR count). The fourth-order valence-electron chi connectivity index (χ4n) is 2.33. The number of ether oxygens (including phenoxy) is 1. The van der Waals surface area contributed by atoms with E-state index in [1.807, 2.05) is 11.7 Å². The van der Waals surface area contributed by atoms with Crippen LogP contribution in [0, 0.1) is 5.41 Å². The highest BCUT2D eigenvalue weighted by molar-refractivity contribution is 6.31. The predicted molar refractivity (Wildman–Crippen MR) is 74.9 cm³/mol. The van der Waals surface area contributed by atoms with Crippen molar-refractivity contribution in [2.75, 3.05) is 13.7 Å². The first-order valence-corrected chi connectivity index (χ1v) is 6.64. The number of aryl methyl sites for hydroxylation is 1. The summed E-state index contributed by atoms with van der Waals surface area (Å²) in [6, 6.07) is 0.0278. The molecule has 1 aromatic rings. The number of rotatable bonds is 5. The number of nitrogens with one attached hydrogen (secondary N) is 1. The normalized spacial score (nSPS) is 15.7. The summed E-state index contributed by atoms with van der Waals surface area (Å²) in [5.74, 6) is 0. The van der Waals surface area contributed by atoms with Gasteiger partial charge in [-0.3, -0.25) is 4.68 Å². The van der Waals surface area contributed by atoms with Gasteiger partial charge in [0.25, 0.3) is 0 Å². The highest BCUT2D eigenvalue weighted by Crippen LogP contribution is 2.34. The van der Waals surface area contributed by atoms with E-state index in [-0.39, 0.29) is 17.6 Å². The van der Waals surface area contributed by atoms with Crippen molar-refractivity contribution in [2.45, 2.75) is 39.8 Å². The second-order valence-corrected chi connectivity index (χ2v) is 5.97. The van der Waals surface area contributed by atoms with E-state index < -0.39 is 0 Å². The van der Waals surface area contributed by atoms with Gasteiger partial charge in [0.05, 0.1) is 29.1 Å². The third kappa shape index (κ3) is 3.25. The van der Waals surface area contributed by atoms with E-state index in [0.717, 1.165) is 12.2 Å². The third-order valence-corrected chi connectivity index (χ3v) is 3.36. The molecular weight excluding hydrogens is 250 g/mol. The number of halogens is 1. The van der Waals surface area contributed by atoms with Gasteiger partial charge in [0.1, 0.15) is 0 Å². The van der Waals surface area contributed by atoms with Crippen molar-refractivity contribution in [1.29, 1.82) is 0 Å². The average molecular weight is 274 g/mol. The number of methoxy groups -OCH3 is 1. The van der Waals surface area contributed by atoms with E-state index in [2.05, 4.69) is 38.1 Å². The molecule has 0 spiro atoms. The molecule has 0 amide bonds. The Hall–Kier alpha value is -0.580. The molecule has 4 nitrogen and oxygen atoms in total. The minimum Gasteiger partial charge on any atom is -0.379 e. The Morgan fingerprint density at radius 3 is 2.44 bits per heavy atom. The molecule has 0 aromatic carbocycles. The molecule has 0 fully saturated rings. The molecular formula is C13H24ClN3O. The minimum atomic E-state index is 0.00911. The zero-order valence-electron chi connectivity index (χ0n) is 12.1. The molecule has 1 N–H and O–H groups in total. The van der Waals surface area contributed by atoms with Gasteiger partial charge in [-0.05, 0) is 12.0 Å². The lowest BCUT2D eigenvalue weighted by Gasteiger charge is -2.36. The maximum atomic E-state index is 6.25. The van der Waals surface area contributed by atoms with Crippen LogP contribution in [0.2, 0.25) is 5.02 Å². The largest absolute Gasteiger partial charge is 0.379 e. The monoisotopic (exact) mass is 273 g/mol. The first kappa shape index (κ1) is 15.5. The lowest BCUT2D eigenvalue weighted by Crippen LogP contribution is -2.42. The molecule has 0 aliphatic rings. The smallest absolute Gasteiger partial charge is 0.0835 e. The zero-order chi connectivity index (χ0) is 13.9. The topological polar surface area (TPSA) is 39.1 Å². The van der Waals surface area contributed by atoms with Crippen molar-refractivity contribution in [3.8, 4) is 0 Å². The maximum absolute atomic E-state index is 6.25. The molecule has 1 aromatic heterocycles. The summed E-state index contributed by atoms with van der Waals surface area (Å²) >= 11 is 6.25. The number of hydrogen-bond acceptors (Lipinski definition) is 3. The summed E-state index contributed by atoms with van der Waals surface area (Å²) < 4.78 is 7.51. The molecule has 0 radical (unpaired) electrons. The summed E-state index contributed by atoms with van der Waals surface area (Å²) in [5, 5.41) is 8.34. The van der Waals surface area contributed by atoms with Crippen molar-refractivity contribution in [3.05, 3.63) is 16.9 Å². The Bertz CT molecular complexity index is 365. The van der Waals surface area contributed by atoms with E-state index in [1.165, 1.54) is 0 Å². The van der Waals surface area contributed by atoms with Crippen molar-refractivity contribution in [1.82, 2.24) is 15.1 Å². The lowest BCUT2D eigenvalue weighted by molar-refractivity contribution is -0.0134. The van der Waals surface area contributed by atoms with Gasteiger partial charge < -0.3 is 10.1 Å². The van der Waals surface area contributed by atoms with Gasteiger partial charge in [0.15, 0.2) is 0 Å². The van der Waals surface area contributed by atoms with Crippen molar-refractivity contribution in [2.24, 2.45) is 12.5 Å². The molecule has 5 heteroatoms. The van der Waals surface area contributed by atoms with Crippen LogP contribution < -0.4 is 5.32 Å². The van der Waals surface area contributed by atoms with Gasteiger partial charge in [0, 0.05) is 14.2 Å². The summed E-state index contributed by atoms with van der Waals surface area (Å²) in [6.45, 7) is 9.41. The highest BCUT2D eigenvalue weighted by Gasteiger charge is 2.35. The van der Waals surface area contributed by atoms with Crippen LogP contribution in [0.1, 0.15) is 39.4 Å². The molecule has 2 unspecified atom stereocenters. The zero-order valence-corrected chi connectivity index (χ0v) is 12.9. The summed E-state index contributed by atoms with van der Waals surface area (Å²) in [6.07, 6.45) is 1.70. The lowest BCUT2D eigenvalue weighted by atomic mass is 9.83. The highest BCUT2D eigenvalue weighted by atomic mass is 35.5. The van der Waals surface area contributed by atoms with E-state index in [9.17, 15) is 0 Å². The third-order valence-electron chi connectivity index (χ3n) is 3.07. The summed E-state index contributed by atoms with van der Waals surface area (Å²) in [5.41, 5.74) is 0.982. The molecule has 0 aliphatic heterocycles. The van der Waals surface area contributed by atoms with E-state index in [1.54, 1.807) is 13.3 Å². The minimum absolute atomic E-state index is 0.00911. The summed E-state index contributed by atoms with van der Waals surface area (Å²) in [4.78, 5) is 0. The number of likely N-dealkylation sites (N-methyl/N-ethyl adjacent to an activating group) is 1. The van der Waals surface area contributed by atoms with Crippen molar-refractivity contribution < 1.29 is 4.74 Å². The van der Waals surface area contributed by atoms with E-state index >= 15 is 0 Å². The Balaban J connectivity index is 3.17. The van der Waals surface area contributed by atoms with Crippen LogP contribution in [0.5, 0.6) is 0 Å². The van der Waals surface area contributed by atoms with Crippen molar-refractivity contribution in [3.63, 3.8) is 0 Å². The van der Waals surface area contributed by atoms with Gasteiger partial charge in [-0.15, -0.1) is 0 Å². The van der Waals surface area contributed by atoms with E-state index in [0.29, 0.717) is 5.02 Å².